The molecule has 4 rings (SSSR count). The van der Waals surface area contributed by atoms with Gasteiger partial charge in [-0.15, -0.1) is 0 Å². The number of pyridine rings is 1. The minimum absolute atomic E-state index is 0.0672. The Kier molecular flexibility index (Phi) is 7.45. The first kappa shape index (κ1) is 24.0. The predicted molar refractivity (Wildman–Crippen MR) is 126 cm³/mol. The highest BCUT2D eigenvalue weighted by molar-refractivity contribution is 5.97. The third-order valence-electron chi connectivity index (χ3n) is 5.87. The Hall–Kier alpha value is -4.14. The van der Waals surface area contributed by atoms with Crippen molar-refractivity contribution >= 4 is 11.8 Å². The van der Waals surface area contributed by atoms with Crippen LogP contribution in [0.3, 0.4) is 0 Å². The van der Waals surface area contributed by atoms with E-state index >= 15 is 0 Å². The van der Waals surface area contributed by atoms with Gasteiger partial charge in [0.1, 0.15) is 28.6 Å². The van der Waals surface area contributed by atoms with Gasteiger partial charge in [0, 0.05) is 30.4 Å². The van der Waals surface area contributed by atoms with Gasteiger partial charge >= 0.3 is 0 Å². The number of carbonyl (C=O) groups is 2. The Morgan fingerprint density at radius 1 is 0.914 bits per heavy atom. The summed E-state index contributed by atoms with van der Waals surface area (Å²) in [5, 5.41) is 16.0. The Morgan fingerprint density at radius 3 is 2.23 bits per heavy atom. The third kappa shape index (κ3) is 6.06. The van der Waals surface area contributed by atoms with E-state index < -0.39 is 5.82 Å². The molecule has 35 heavy (non-hydrogen) atoms. The highest BCUT2D eigenvalue weighted by Gasteiger charge is 2.26. The smallest absolute Gasteiger partial charge is 0.257 e. The summed E-state index contributed by atoms with van der Waals surface area (Å²) in [6, 6.07) is 13.2. The van der Waals surface area contributed by atoms with Crippen LogP contribution in [-0.4, -0.2) is 41.1 Å². The van der Waals surface area contributed by atoms with Crippen LogP contribution in [-0.2, 0) is 0 Å². The SMILES string of the molecule is COc1ccc(C(=O)NC2CCC(NC(=O)c3cccnc3Oc3cccc(F)c3)CC2)c(O)c1. The minimum Gasteiger partial charge on any atom is -0.507 e. The van der Waals surface area contributed by atoms with Gasteiger partial charge in [0.25, 0.3) is 11.8 Å². The number of amides is 2. The number of nitrogens with zero attached hydrogens (tertiary/aromatic N) is 1. The van der Waals surface area contributed by atoms with E-state index in [0.29, 0.717) is 31.4 Å². The summed E-state index contributed by atoms with van der Waals surface area (Å²) in [5.41, 5.74) is 0.436. The molecule has 2 aromatic carbocycles. The third-order valence-corrected chi connectivity index (χ3v) is 5.87. The number of benzene rings is 2. The molecule has 0 saturated heterocycles. The number of rotatable bonds is 7. The molecule has 0 bridgehead atoms. The van der Waals surface area contributed by atoms with Crippen molar-refractivity contribution in [2.24, 2.45) is 0 Å². The number of carbonyl (C=O) groups excluding carboxylic acids is 2. The number of methoxy groups -OCH3 is 1. The van der Waals surface area contributed by atoms with Crippen LogP contribution in [0.4, 0.5) is 4.39 Å². The number of ether oxygens (including phenoxy) is 2. The summed E-state index contributed by atoms with van der Waals surface area (Å²) < 4.78 is 24.2. The van der Waals surface area contributed by atoms with Crippen molar-refractivity contribution < 1.29 is 28.6 Å². The summed E-state index contributed by atoms with van der Waals surface area (Å²) in [7, 11) is 1.48. The van der Waals surface area contributed by atoms with Gasteiger partial charge < -0.3 is 25.2 Å². The van der Waals surface area contributed by atoms with E-state index in [4.69, 9.17) is 9.47 Å². The number of nitrogens with one attached hydrogen (secondary N) is 2. The molecule has 0 radical (unpaired) electrons. The summed E-state index contributed by atoms with van der Waals surface area (Å²) in [6.07, 6.45) is 4.19. The lowest BCUT2D eigenvalue weighted by molar-refractivity contribution is 0.0888. The number of hydrogen-bond acceptors (Lipinski definition) is 6. The average Bonchev–Trinajstić information content (AvgIpc) is 2.85. The van der Waals surface area contributed by atoms with Crippen molar-refractivity contribution in [1.29, 1.82) is 0 Å². The zero-order valence-corrected chi connectivity index (χ0v) is 19.2. The van der Waals surface area contributed by atoms with Crippen LogP contribution in [0.1, 0.15) is 46.4 Å². The highest BCUT2D eigenvalue weighted by Crippen LogP contribution is 2.26. The maximum absolute atomic E-state index is 13.5. The maximum atomic E-state index is 13.5. The summed E-state index contributed by atoms with van der Waals surface area (Å²) in [5.74, 6) is -0.473. The molecule has 1 aliphatic rings. The van der Waals surface area contributed by atoms with Crippen LogP contribution in [0.15, 0.2) is 60.8 Å². The Labute approximate surface area is 202 Å². The number of phenols is 1. The molecular formula is C26H26FN3O5. The standard InChI is InChI=1S/C26H26FN3O5/c1-34-19-11-12-21(23(31)15-19)24(32)29-17-7-9-18(10-8-17)30-25(33)22-6-3-13-28-26(22)35-20-5-2-4-16(27)14-20/h2-6,11-15,17-18,31H,7-10H2,1H3,(H,29,32)(H,30,33). The molecule has 2 amide bonds. The number of aromatic hydroxyl groups is 1. The molecule has 1 saturated carbocycles. The van der Waals surface area contributed by atoms with E-state index in [2.05, 4.69) is 15.6 Å². The fourth-order valence-electron chi connectivity index (χ4n) is 4.03. The van der Waals surface area contributed by atoms with Gasteiger partial charge in [-0.1, -0.05) is 6.07 Å². The van der Waals surface area contributed by atoms with Gasteiger partial charge in [0.2, 0.25) is 5.88 Å². The first-order valence-corrected chi connectivity index (χ1v) is 11.3. The van der Waals surface area contributed by atoms with Crippen LogP contribution in [0, 0.1) is 5.82 Å². The van der Waals surface area contributed by atoms with E-state index in [1.54, 1.807) is 24.3 Å². The molecule has 1 aliphatic carbocycles. The largest absolute Gasteiger partial charge is 0.507 e. The molecular weight excluding hydrogens is 453 g/mol. The maximum Gasteiger partial charge on any atom is 0.257 e. The second-order valence-corrected chi connectivity index (χ2v) is 8.29. The lowest BCUT2D eigenvalue weighted by atomic mass is 9.90. The number of phenolic OH excluding ortho intramolecular Hbond substituents is 1. The summed E-state index contributed by atoms with van der Waals surface area (Å²) in [6.45, 7) is 0. The van der Waals surface area contributed by atoms with Crippen molar-refractivity contribution in [3.05, 3.63) is 77.7 Å². The van der Waals surface area contributed by atoms with Crippen LogP contribution in [0.5, 0.6) is 23.1 Å². The van der Waals surface area contributed by atoms with Gasteiger partial charge in [-0.25, -0.2) is 9.37 Å². The van der Waals surface area contributed by atoms with E-state index in [1.807, 2.05) is 0 Å². The van der Waals surface area contributed by atoms with Crippen LogP contribution in [0.25, 0.3) is 0 Å². The van der Waals surface area contributed by atoms with Crippen molar-refractivity contribution in [2.75, 3.05) is 7.11 Å². The van der Waals surface area contributed by atoms with Crippen molar-refractivity contribution in [1.82, 2.24) is 15.6 Å². The Bertz CT molecular complexity index is 1210. The Morgan fingerprint density at radius 2 is 1.60 bits per heavy atom. The summed E-state index contributed by atoms with van der Waals surface area (Å²) in [4.78, 5) is 29.6. The first-order valence-electron chi connectivity index (χ1n) is 11.3. The second kappa shape index (κ2) is 10.9. The molecule has 182 valence electrons. The van der Waals surface area contributed by atoms with E-state index in [9.17, 15) is 19.1 Å². The fraction of sp³-hybridized carbons (Fsp3) is 0.269. The van der Waals surface area contributed by atoms with Crippen LogP contribution in [0.2, 0.25) is 0 Å². The summed E-state index contributed by atoms with van der Waals surface area (Å²) >= 11 is 0. The average molecular weight is 480 g/mol. The van der Waals surface area contributed by atoms with Gasteiger partial charge in [0.05, 0.1) is 12.7 Å². The molecule has 1 heterocycles. The normalized spacial score (nSPS) is 17.3. The molecule has 0 aliphatic heterocycles. The van der Waals surface area contributed by atoms with Gasteiger partial charge in [-0.05, 0) is 62.1 Å². The molecule has 0 spiro atoms. The quantitative estimate of drug-likeness (QED) is 0.469. The number of aromatic nitrogens is 1. The minimum atomic E-state index is -0.449. The molecule has 8 nitrogen and oxygen atoms in total. The highest BCUT2D eigenvalue weighted by atomic mass is 19.1. The van der Waals surface area contributed by atoms with Crippen molar-refractivity contribution in [2.45, 2.75) is 37.8 Å². The number of hydrogen-bond donors (Lipinski definition) is 3. The molecule has 3 aromatic rings. The fourth-order valence-corrected chi connectivity index (χ4v) is 4.03. The predicted octanol–water partition coefficient (Wildman–Crippen LogP) is 4.20. The topological polar surface area (TPSA) is 110 Å². The second-order valence-electron chi connectivity index (χ2n) is 8.29. The number of halogens is 1. The first-order chi connectivity index (χ1) is 16.9. The Balaban J connectivity index is 1.31. The zero-order chi connectivity index (χ0) is 24.8. The van der Waals surface area contributed by atoms with E-state index in [1.165, 1.54) is 43.6 Å². The zero-order valence-electron chi connectivity index (χ0n) is 19.2. The molecule has 1 fully saturated rings. The lowest BCUT2D eigenvalue weighted by Crippen LogP contribution is -2.43. The van der Waals surface area contributed by atoms with Gasteiger partial charge in [0.15, 0.2) is 0 Å². The van der Waals surface area contributed by atoms with E-state index in [-0.39, 0.29) is 52.4 Å². The van der Waals surface area contributed by atoms with Crippen LogP contribution < -0.4 is 20.1 Å². The van der Waals surface area contributed by atoms with Crippen molar-refractivity contribution in [3.8, 4) is 23.1 Å². The van der Waals surface area contributed by atoms with E-state index in [0.717, 1.165) is 0 Å². The van der Waals surface area contributed by atoms with Crippen molar-refractivity contribution in [3.63, 3.8) is 0 Å². The molecule has 3 N–H and O–H groups in total. The monoisotopic (exact) mass is 479 g/mol. The van der Waals surface area contributed by atoms with Gasteiger partial charge in [-0.2, -0.15) is 0 Å². The van der Waals surface area contributed by atoms with Crippen LogP contribution >= 0.6 is 0 Å². The molecule has 9 heteroatoms. The lowest BCUT2D eigenvalue weighted by Gasteiger charge is -2.29. The molecule has 1 aromatic heterocycles. The molecule has 0 unspecified atom stereocenters. The van der Waals surface area contributed by atoms with Gasteiger partial charge in [-0.3, -0.25) is 9.59 Å². The molecule has 0 atom stereocenters.